The molecule has 1 aliphatic rings. The number of carbonyl (C=O) groups is 1. The highest BCUT2D eigenvalue weighted by atomic mass is 16.2. The van der Waals surface area contributed by atoms with E-state index in [1.165, 1.54) is 0 Å². The molecule has 1 aromatic heterocycles. The van der Waals surface area contributed by atoms with Crippen LogP contribution in [0.3, 0.4) is 0 Å². The van der Waals surface area contributed by atoms with Gasteiger partial charge in [-0.2, -0.15) is 5.10 Å². The average Bonchev–Trinajstić information content (AvgIpc) is 2.55. The van der Waals surface area contributed by atoms with Gasteiger partial charge in [-0.3, -0.25) is 4.79 Å². The van der Waals surface area contributed by atoms with Crippen molar-refractivity contribution in [3.63, 3.8) is 0 Å². The van der Waals surface area contributed by atoms with Crippen LogP contribution >= 0.6 is 0 Å². The van der Waals surface area contributed by atoms with Crippen LogP contribution in [0.25, 0.3) is 10.8 Å². The molecule has 1 saturated heterocycles. The fourth-order valence-electron chi connectivity index (χ4n) is 2.59. The standard InChI is InChI=1S/C15H19N5O/c1-19(11-14(21)20-8-6-16-7-9-20)15-13-5-3-2-4-12(13)10-17-18-15/h2-5,10,16H,6-9,11H2,1H3. The summed E-state index contributed by atoms with van der Waals surface area (Å²) in [4.78, 5) is 16.1. The van der Waals surface area contributed by atoms with Gasteiger partial charge in [0.15, 0.2) is 5.82 Å². The number of aromatic nitrogens is 2. The lowest BCUT2D eigenvalue weighted by Crippen LogP contribution is -2.49. The fraction of sp³-hybridized carbons (Fsp3) is 0.400. The second-order valence-corrected chi connectivity index (χ2v) is 5.24. The van der Waals surface area contributed by atoms with Gasteiger partial charge in [0.2, 0.25) is 5.91 Å². The lowest BCUT2D eigenvalue weighted by Gasteiger charge is -2.29. The minimum Gasteiger partial charge on any atom is -0.348 e. The third-order valence-corrected chi connectivity index (χ3v) is 3.75. The lowest BCUT2D eigenvalue weighted by atomic mass is 10.2. The Balaban J connectivity index is 1.77. The van der Waals surface area contributed by atoms with Gasteiger partial charge in [-0.15, -0.1) is 5.10 Å². The highest BCUT2D eigenvalue weighted by Crippen LogP contribution is 2.21. The van der Waals surface area contributed by atoms with E-state index in [1.807, 2.05) is 41.1 Å². The van der Waals surface area contributed by atoms with E-state index in [9.17, 15) is 4.79 Å². The highest BCUT2D eigenvalue weighted by Gasteiger charge is 2.19. The minimum absolute atomic E-state index is 0.133. The smallest absolute Gasteiger partial charge is 0.242 e. The summed E-state index contributed by atoms with van der Waals surface area (Å²) in [6.07, 6.45) is 1.74. The van der Waals surface area contributed by atoms with Crippen molar-refractivity contribution < 1.29 is 4.79 Å². The van der Waals surface area contributed by atoms with Gasteiger partial charge in [0.1, 0.15) is 0 Å². The fourth-order valence-corrected chi connectivity index (χ4v) is 2.59. The first-order chi connectivity index (χ1) is 10.3. The molecule has 2 heterocycles. The number of nitrogens with one attached hydrogen (secondary N) is 1. The number of anilines is 1. The molecular formula is C15H19N5O. The molecule has 21 heavy (non-hydrogen) atoms. The molecule has 1 aliphatic heterocycles. The number of fused-ring (bicyclic) bond motifs is 1. The molecule has 0 bridgehead atoms. The number of benzene rings is 1. The largest absolute Gasteiger partial charge is 0.348 e. The van der Waals surface area contributed by atoms with E-state index in [2.05, 4.69) is 15.5 Å². The van der Waals surface area contributed by atoms with Crippen LogP contribution in [0.15, 0.2) is 30.5 Å². The number of likely N-dealkylation sites (N-methyl/N-ethyl adjacent to an activating group) is 1. The SMILES string of the molecule is CN(CC(=O)N1CCNCC1)c1nncc2ccccc12. The van der Waals surface area contributed by atoms with Crippen LogP contribution in [0, 0.1) is 0 Å². The summed E-state index contributed by atoms with van der Waals surface area (Å²) >= 11 is 0. The van der Waals surface area contributed by atoms with Gasteiger partial charge < -0.3 is 15.1 Å². The molecule has 1 aromatic carbocycles. The molecule has 0 unspecified atom stereocenters. The second kappa shape index (κ2) is 6.05. The first kappa shape index (κ1) is 13.8. The maximum atomic E-state index is 12.3. The van der Waals surface area contributed by atoms with E-state index in [4.69, 9.17) is 0 Å². The van der Waals surface area contributed by atoms with E-state index in [1.54, 1.807) is 6.20 Å². The molecule has 2 aromatic rings. The van der Waals surface area contributed by atoms with Crippen LogP contribution in [0.5, 0.6) is 0 Å². The van der Waals surface area contributed by atoms with E-state index in [-0.39, 0.29) is 5.91 Å². The predicted molar refractivity (Wildman–Crippen MR) is 82.3 cm³/mol. The second-order valence-electron chi connectivity index (χ2n) is 5.24. The van der Waals surface area contributed by atoms with Crippen LogP contribution < -0.4 is 10.2 Å². The summed E-state index contributed by atoms with van der Waals surface area (Å²) in [5.74, 6) is 0.880. The first-order valence-electron chi connectivity index (χ1n) is 7.16. The third kappa shape index (κ3) is 2.95. The molecule has 0 spiro atoms. The number of rotatable bonds is 3. The van der Waals surface area contributed by atoms with Gasteiger partial charge in [-0.1, -0.05) is 24.3 Å². The van der Waals surface area contributed by atoms with Crippen molar-refractivity contribution in [2.45, 2.75) is 0 Å². The molecule has 1 amide bonds. The summed E-state index contributed by atoms with van der Waals surface area (Å²) in [6, 6.07) is 7.95. The zero-order chi connectivity index (χ0) is 14.7. The molecule has 1 N–H and O–H groups in total. The van der Waals surface area contributed by atoms with Gasteiger partial charge in [0, 0.05) is 44.0 Å². The highest BCUT2D eigenvalue weighted by molar-refractivity contribution is 5.93. The number of hydrogen-bond acceptors (Lipinski definition) is 5. The minimum atomic E-state index is 0.133. The summed E-state index contributed by atoms with van der Waals surface area (Å²) in [6.45, 7) is 3.59. The van der Waals surface area contributed by atoms with Gasteiger partial charge >= 0.3 is 0 Å². The van der Waals surface area contributed by atoms with Crippen LogP contribution in [-0.4, -0.2) is 60.8 Å². The molecule has 110 valence electrons. The molecule has 0 saturated carbocycles. The molecule has 3 rings (SSSR count). The van der Waals surface area contributed by atoms with Gasteiger partial charge in [-0.05, 0) is 0 Å². The van der Waals surface area contributed by atoms with Crippen molar-refractivity contribution in [3.05, 3.63) is 30.5 Å². The maximum Gasteiger partial charge on any atom is 0.242 e. The third-order valence-electron chi connectivity index (χ3n) is 3.75. The van der Waals surface area contributed by atoms with Crippen molar-refractivity contribution in [2.24, 2.45) is 0 Å². The van der Waals surface area contributed by atoms with E-state index >= 15 is 0 Å². The Labute approximate surface area is 123 Å². The van der Waals surface area contributed by atoms with E-state index in [0.29, 0.717) is 6.54 Å². The van der Waals surface area contributed by atoms with Crippen molar-refractivity contribution in [1.82, 2.24) is 20.4 Å². The van der Waals surface area contributed by atoms with Crippen molar-refractivity contribution in [3.8, 4) is 0 Å². The molecule has 6 heteroatoms. The van der Waals surface area contributed by atoms with Crippen molar-refractivity contribution >= 4 is 22.5 Å². The van der Waals surface area contributed by atoms with Crippen LogP contribution in [0.1, 0.15) is 0 Å². The molecule has 1 fully saturated rings. The van der Waals surface area contributed by atoms with Gasteiger partial charge in [0.25, 0.3) is 0 Å². The molecule has 0 atom stereocenters. The Morgan fingerprint density at radius 3 is 2.90 bits per heavy atom. The monoisotopic (exact) mass is 285 g/mol. The van der Waals surface area contributed by atoms with Crippen LogP contribution in [-0.2, 0) is 4.79 Å². The number of nitrogens with zero attached hydrogens (tertiary/aromatic N) is 4. The van der Waals surface area contributed by atoms with Crippen molar-refractivity contribution in [1.29, 1.82) is 0 Å². The molecule has 6 nitrogen and oxygen atoms in total. The zero-order valence-corrected chi connectivity index (χ0v) is 12.1. The number of carbonyl (C=O) groups excluding carboxylic acids is 1. The van der Waals surface area contributed by atoms with E-state index in [0.717, 1.165) is 42.8 Å². The van der Waals surface area contributed by atoms with Gasteiger partial charge in [0.05, 0.1) is 12.7 Å². The maximum absolute atomic E-state index is 12.3. The summed E-state index contributed by atoms with van der Waals surface area (Å²) in [7, 11) is 1.89. The summed E-state index contributed by atoms with van der Waals surface area (Å²) < 4.78 is 0. The lowest BCUT2D eigenvalue weighted by molar-refractivity contribution is -0.130. The predicted octanol–water partition coefficient (Wildman–Crippen LogP) is 0.498. The Hall–Kier alpha value is -2.21. The Morgan fingerprint density at radius 1 is 1.33 bits per heavy atom. The summed E-state index contributed by atoms with van der Waals surface area (Å²) in [5, 5.41) is 13.5. The number of hydrogen-bond donors (Lipinski definition) is 1. The normalized spacial score (nSPS) is 15.2. The summed E-state index contributed by atoms with van der Waals surface area (Å²) in [5.41, 5.74) is 0. The van der Waals surface area contributed by atoms with Crippen molar-refractivity contribution in [2.75, 3.05) is 44.7 Å². The first-order valence-corrected chi connectivity index (χ1v) is 7.16. The average molecular weight is 285 g/mol. The number of piperazine rings is 1. The molecule has 0 radical (unpaired) electrons. The molecule has 0 aliphatic carbocycles. The quantitative estimate of drug-likeness (QED) is 0.890. The topological polar surface area (TPSA) is 61.4 Å². The Morgan fingerprint density at radius 2 is 2.10 bits per heavy atom. The van der Waals surface area contributed by atoms with Crippen LogP contribution in [0.2, 0.25) is 0 Å². The number of amides is 1. The van der Waals surface area contributed by atoms with Gasteiger partial charge in [-0.25, -0.2) is 0 Å². The van der Waals surface area contributed by atoms with Crippen LogP contribution in [0.4, 0.5) is 5.82 Å². The molecular weight excluding hydrogens is 266 g/mol. The Bertz CT molecular complexity index is 634. The zero-order valence-electron chi connectivity index (χ0n) is 12.1. The van der Waals surface area contributed by atoms with E-state index < -0.39 is 0 Å². The Kier molecular flexibility index (Phi) is 3.96.